The second-order valence-corrected chi connectivity index (χ2v) is 10.4. The summed E-state index contributed by atoms with van der Waals surface area (Å²) in [4.78, 5) is 18.0. The summed E-state index contributed by atoms with van der Waals surface area (Å²) in [5.41, 5.74) is 8.18. The van der Waals surface area contributed by atoms with Crippen molar-refractivity contribution in [2.45, 2.75) is 70.3 Å². The van der Waals surface area contributed by atoms with E-state index >= 15 is 0 Å². The van der Waals surface area contributed by atoms with Crippen LogP contribution in [0.25, 0.3) is 0 Å². The van der Waals surface area contributed by atoms with Crippen LogP contribution >= 0.6 is 0 Å². The zero-order valence-electron chi connectivity index (χ0n) is 18.9. The minimum atomic E-state index is -0.476. The Morgan fingerprint density at radius 3 is 2.77 bits per heavy atom. The van der Waals surface area contributed by atoms with E-state index in [-0.39, 0.29) is 11.9 Å². The molecule has 1 fully saturated rings. The zero-order valence-corrected chi connectivity index (χ0v) is 18.9. The Morgan fingerprint density at radius 2 is 1.97 bits per heavy atom. The number of nitrogens with zero attached hydrogens (tertiary/aromatic N) is 3. The van der Waals surface area contributed by atoms with E-state index in [1.165, 1.54) is 66.1 Å². The lowest BCUT2D eigenvalue weighted by atomic mass is 9.84. The van der Waals surface area contributed by atoms with Gasteiger partial charge in [0, 0.05) is 36.1 Å². The highest BCUT2D eigenvalue weighted by Gasteiger charge is 2.46. The summed E-state index contributed by atoms with van der Waals surface area (Å²) in [6.45, 7) is 10.4. The molecule has 6 heteroatoms. The fraction of sp³-hybridized carbons (Fsp3) is 0.600. The highest BCUT2D eigenvalue weighted by molar-refractivity contribution is 6.08. The Morgan fingerprint density at radius 1 is 1.16 bits per heavy atom. The first-order valence-corrected chi connectivity index (χ1v) is 12.0. The van der Waals surface area contributed by atoms with E-state index in [9.17, 15) is 4.79 Å². The van der Waals surface area contributed by atoms with Crippen molar-refractivity contribution in [3.05, 3.63) is 40.2 Å². The number of aryl methyl sites for hydroxylation is 1. The van der Waals surface area contributed by atoms with E-state index in [1.807, 2.05) is 0 Å². The number of anilines is 2. The van der Waals surface area contributed by atoms with Crippen LogP contribution in [0.5, 0.6) is 0 Å². The average Bonchev–Trinajstić information content (AvgIpc) is 3.48. The van der Waals surface area contributed by atoms with Gasteiger partial charge in [-0.15, -0.1) is 0 Å². The maximum atomic E-state index is 13.4. The molecule has 1 aromatic carbocycles. The summed E-state index contributed by atoms with van der Waals surface area (Å²) < 4.78 is 0. The number of carbonyl (C=O) groups is 1. The van der Waals surface area contributed by atoms with E-state index in [1.54, 1.807) is 0 Å². The molecule has 6 nitrogen and oxygen atoms in total. The third-order valence-corrected chi connectivity index (χ3v) is 8.21. The largest absolute Gasteiger partial charge is 0.376 e. The third-order valence-electron chi connectivity index (χ3n) is 8.21. The van der Waals surface area contributed by atoms with Gasteiger partial charge in [-0.05, 0) is 94.8 Å². The molecule has 1 saturated heterocycles. The maximum Gasteiger partial charge on any atom is 0.237 e. The molecule has 1 amide bonds. The van der Waals surface area contributed by atoms with Crippen molar-refractivity contribution in [1.82, 2.24) is 15.1 Å². The number of benzene rings is 1. The number of carbonyl (C=O) groups excluding carboxylic acids is 1. The van der Waals surface area contributed by atoms with Gasteiger partial charge in [0.25, 0.3) is 0 Å². The van der Waals surface area contributed by atoms with E-state index in [4.69, 9.17) is 5.10 Å². The molecule has 6 rings (SSSR count). The number of hydrogen-bond donors (Lipinski definition) is 2. The fourth-order valence-corrected chi connectivity index (χ4v) is 6.36. The Bertz CT molecular complexity index is 1050. The normalized spacial score (nSPS) is 26.3. The molecule has 2 unspecified atom stereocenters. The molecule has 4 aliphatic rings. The molecular weight excluding hydrogens is 386 g/mol. The first-order chi connectivity index (χ1) is 14.9. The number of rotatable bonds is 3. The van der Waals surface area contributed by atoms with Crippen molar-refractivity contribution in [2.24, 2.45) is 0 Å². The van der Waals surface area contributed by atoms with E-state index in [0.717, 1.165) is 31.6 Å². The average molecular weight is 420 g/mol. The van der Waals surface area contributed by atoms with Crippen LogP contribution in [0.2, 0.25) is 0 Å². The molecule has 0 saturated carbocycles. The Labute approximate surface area is 184 Å². The molecule has 2 N–H and O–H groups in total. The SMILES string of the molecule is Cc1[nH]nc2c1CCCC1c3cc4c(cc3NC21)C(C)(C)C(=O)N4CCN1CCCC1. The molecule has 0 spiro atoms. The smallest absolute Gasteiger partial charge is 0.237 e. The zero-order chi connectivity index (χ0) is 21.3. The topological polar surface area (TPSA) is 64.3 Å². The van der Waals surface area contributed by atoms with Gasteiger partial charge in [0.05, 0.1) is 17.2 Å². The summed E-state index contributed by atoms with van der Waals surface area (Å²) in [5.74, 6) is 0.663. The lowest BCUT2D eigenvalue weighted by molar-refractivity contribution is -0.122. The standard InChI is InChI=1S/C25H33N5O/c1-15-16-7-6-8-17-18-13-21-19(14-20(18)26-22(17)23(16)28-27-15)25(2,3)24(31)30(21)12-11-29-9-4-5-10-29/h13-14,17,22,26H,4-12H2,1-3H3,(H,27,28). The maximum absolute atomic E-state index is 13.4. The molecular formula is C25H33N5O. The first-order valence-electron chi connectivity index (χ1n) is 12.0. The number of nitrogens with one attached hydrogen (secondary N) is 2. The summed E-state index contributed by atoms with van der Waals surface area (Å²) >= 11 is 0. The second-order valence-electron chi connectivity index (χ2n) is 10.4. The van der Waals surface area contributed by atoms with Gasteiger partial charge in [-0.2, -0.15) is 5.10 Å². The monoisotopic (exact) mass is 419 g/mol. The molecule has 1 aromatic heterocycles. The molecule has 31 heavy (non-hydrogen) atoms. The summed E-state index contributed by atoms with van der Waals surface area (Å²) in [6, 6.07) is 4.84. The number of likely N-dealkylation sites (tertiary alicyclic amines) is 1. The molecule has 2 atom stereocenters. The predicted octanol–water partition coefficient (Wildman–Crippen LogP) is 4.02. The van der Waals surface area contributed by atoms with Crippen LogP contribution < -0.4 is 10.2 Å². The van der Waals surface area contributed by atoms with Gasteiger partial charge in [0.1, 0.15) is 0 Å². The predicted molar refractivity (Wildman–Crippen MR) is 123 cm³/mol. The molecule has 0 radical (unpaired) electrons. The number of aromatic nitrogens is 2. The Kier molecular flexibility index (Phi) is 4.26. The van der Waals surface area contributed by atoms with Crippen LogP contribution in [-0.4, -0.2) is 47.2 Å². The quantitative estimate of drug-likeness (QED) is 0.789. The van der Waals surface area contributed by atoms with E-state index in [2.05, 4.69) is 53.1 Å². The minimum Gasteiger partial charge on any atom is -0.376 e. The van der Waals surface area contributed by atoms with Crippen molar-refractivity contribution in [1.29, 1.82) is 0 Å². The minimum absolute atomic E-state index is 0.233. The number of fused-ring (bicyclic) bond motifs is 6. The molecule has 2 aromatic rings. The summed E-state index contributed by atoms with van der Waals surface area (Å²) in [7, 11) is 0. The van der Waals surface area contributed by atoms with Gasteiger partial charge < -0.3 is 15.1 Å². The molecule has 4 heterocycles. The highest BCUT2D eigenvalue weighted by atomic mass is 16.2. The Hall–Kier alpha value is -2.34. The van der Waals surface area contributed by atoms with Gasteiger partial charge in [-0.3, -0.25) is 9.89 Å². The molecule has 0 bridgehead atoms. The van der Waals surface area contributed by atoms with Gasteiger partial charge in [0.15, 0.2) is 0 Å². The van der Waals surface area contributed by atoms with Crippen LogP contribution in [0.1, 0.15) is 79.6 Å². The van der Waals surface area contributed by atoms with Crippen LogP contribution in [-0.2, 0) is 16.6 Å². The second kappa shape index (κ2) is 6.83. The summed E-state index contributed by atoms with van der Waals surface area (Å²) in [5, 5.41) is 11.7. The number of hydrogen-bond acceptors (Lipinski definition) is 4. The van der Waals surface area contributed by atoms with Crippen LogP contribution in [0.4, 0.5) is 11.4 Å². The van der Waals surface area contributed by atoms with E-state index in [0.29, 0.717) is 5.92 Å². The van der Waals surface area contributed by atoms with Crippen LogP contribution in [0.3, 0.4) is 0 Å². The van der Waals surface area contributed by atoms with Crippen molar-refractivity contribution in [3.8, 4) is 0 Å². The lowest BCUT2D eigenvalue weighted by Crippen LogP contribution is -2.40. The number of H-pyrrole nitrogens is 1. The number of amides is 1. The van der Waals surface area contributed by atoms with Crippen molar-refractivity contribution in [3.63, 3.8) is 0 Å². The molecule has 1 aliphatic carbocycles. The number of aromatic amines is 1. The van der Waals surface area contributed by atoms with Gasteiger partial charge in [-0.1, -0.05) is 0 Å². The van der Waals surface area contributed by atoms with Crippen LogP contribution in [0, 0.1) is 6.92 Å². The fourth-order valence-electron chi connectivity index (χ4n) is 6.36. The van der Waals surface area contributed by atoms with E-state index < -0.39 is 5.41 Å². The third kappa shape index (κ3) is 2.80. The molecule has 164 valence electrons. The molecule has 3 aliphatic heterocycles. The highest BCUT2D eigenvalue weighted by Crippen LogP contribution is 2.53. The lowest BCUT2D eigenvalue weighted by Gasteiger charge is -2.24. The summed E-state index contributed by atoms with van der Waals surface area (Å²) in [6.07, 6.45) is 6.00. The van der Waals surface area contributed by atoms with Crippen molar-refractivity contribution >= 4 is 17.3 Å². The Balaban J connectivity index is 1.37. The van der Waals surface area contributed by atoms with Gasteiger partial charge in [0.2, 0.25) is 5.91 Å². The van der Waals surface area contributed by atoms with Gasteiger partial charge in [-0.25, -0.2) is 0 Å². The first kappa shape index (κ1) is 19.4. The van der Waals surface area contributed by atoms with Gasteiger partial charge >= 0.3 is 0 Å². The van der Waals surface area contributed by atoms with Crippen molar-refractivity contribution in [2.75, 3.05) is 36.4 Å². The van der Waals surface area contributed by atoms with Crippen molar-refractivity contribution < 1.29 is 4.79 Å². The van der Waals surface area contributed by atoms with Crippen LogP contribution in [0.15, 0.2) is 12.1 Å².